The van der Waals surface area contributed by atoms with Gasteiger partial charge in [0.25, 0.3) is 0 Å². The summed E-state index contributed by atoms with van der Waals surface area (Å²) >= 11 is 0. The molecule has 40 valence electrons. The van der Waals surface area contributed by atoms with Crippen LogP contribution in [0.15, 0.2) is 12.3 Å². The number of hydrogen-bond donors (Lipinski definition) is 1. The lowest BCUT2D eigenvalue weighted by molar-refractivity contribution is 0.310. The van der Waals surface area contributed by atoms with Crippen LogP contribution in [-0.4, -0.2) is 6.61 Å². The predicted molar refractivity (Wildman–Crippen MR) is 27.3 cm³/mol. The molecule has 0 saturated carbocycles. The topological polar surface area (TPSA) is 44.5 Å². The SMILES string of the molecule is NP1OC=CCO1. The quantitative estimate of drug-likeness (QED) is 0.478. The van der Waals surface area contributed by atoms with Crippen molar-refractivity contribution in [3.63, 3.8) is 0 Å². The molecule has 1 aliphatic rings. The molecular weight excluding hydrogens is 113 g/mol. The van der Waals surface area contributed by atoms with Crippen LogP contribution in [0.4, 0.5) is 0 Å². The van der Waals surface area contributed by atoms with Crippen LogP contribution in [-0.2, 0) is 9.05 Å². The van der Waals surface area contributed by atoms with E-state index in [-0.39, 0.29) is 0 Å². The number of nitrogens with two attached hydrogens (primary N) is 1. The summed E-state index contributed by atoms with van der Waals surface area (Å²) < 4.78 is 9.53. The molecule has 7 heavy (non-hydrogen) atoms. The van der Waals surface area contributed by atoms with Crippen molar-refractivity contribution in [3.8, 4) is 0 Å². The zero-order valence-corrected chi connectivity index (χ0v) is 4.60. The Bertz CT molecular complexity index is 85.0. The minimum Gasteiger partial charge on any atom is -0.444 e. The third-order valence-corrected chi connectivity index (χ3v) is 1.29. The monoisotopic (exact) mass is 119 g/mol. The maximum atomic E-state index is 5.20. The van der Waals surface area contributed by atoms with E-state index in [2.05, 4.69) is 0 Å². The highest BCUT2D eigenvalue weighted by atomic mass is 31.2. The molecule has 1 aliphatic heterocycles. The summed E-state index contributed by atoms with van der Waals surface area (Å²) in [7, 11) is -1.08. The smallest absolute Gasteiger partial charge is 0.314 e. The first-order chi connectivity index (χ1) is 3.39. The zero-order valence-electron chi connectivity index (χ0n) is 3.70. The summed E-state index contributed by atoms with van der Waals surface area (Å²) in [5.41, 5.74) is 5.20. The van der Waals surface area contributed by atoms with Gasteiger partial charge < -0.3 is 9.05 Å². The van der Waals surface area contributed by atoms with Crippen LogP contribution in [0.1, 0.15) is 0 Å². The molecule has 0 amide bonds. The highest BCUT2D eigenvalue weighted by Crippen LogP contribution is 2.30. The molecule has 0 aromatic rings. The van der Waals surface area contributed by atoms with Gasteiger partial charge in [0, 0.05) is 0 Å². The van der Waals surface area contributed by atoms with Crippen LogP contribution >= 0.6 is 8.53 Å². The van der Waals surface area contributed by atoms with Crippen LogP contribution in [0.3, 0.4) is 0 Å². The molecule has 0 spiro atoms. The lowest BCUT2D eigenvalue weighted by Crippen LogP contribution is -1.99. The fourth-order valence-corrected chi connectivity index (χ4v) is 0.789. The molecule has 1 rings (SSSR count). The maximum Gasteiger partial charge on any atom is 0.314 e. The summed E-state index contributed by atoms with van der Waals surface area (Å²) in [5, 5.41) is 0. The fourth-order valence-electron chi connectivity index (χ4n) is 0.289. The van der Waals surface area contributed by atoms with Gasteiger partial charge in [-0.2, -0.15) is 0 Å². The van der Waals surface area contributed by atoms with Crippen molar-refractivity contribution in [2.75, 3.05) is 6.61 Å². The molecule has 0 aromatic carbocycles. The molecule has 1 heterocycles. The van der Waals surface area contributed by atoms with Crippen molar-refractivity contribution in [2.45, 2.75) is 0 Å². The van der Waals surface area contributed by atoms with Gasteiger partial charge in [-0.1, -0.05) is 0 Å². The molecule has 1 unspecified atom stereocenters. The van der Waals surface area contributed by atoms with Gasteiger partial charge in [-0.05, 0) is 6.08 Å². The molecule has 1 atom stereocenters. The fraction of sp³-hybridized carbons (Fsp3) is 0.333. The van der Waals surface area contributed by atoms with Crippen LogP contribution in [0, 0.1) is 0 Å². The van der Waals surface area contributed by atoms with Gasteiger partial charge in [0.05, 0.1) is 12.9 Å². The predicted octanol–water partition coefficient (Wildman–Crippen LogP) is 0.733. The molecule has 0 bridgehead atoms. The first kappa shape index (κ1) is 5.04. The van der Waals surface area contributed by atoms with E-state index < -0.39 is 8.53 Å². The maximum absolute atomic E-state index is 5.20. The van der Waals surface area contributed by atoms with Gasteiger partial charge in [-0.25, -0.2) is 0 Å². The third-order valence-electron chi connectivity index (χ3n) is 0.559. The Morgan fingerprint density at radius 1 is 1.71 bits per heavy atom. The molecule has 0 saturated heterocycles. The van der Waals surface area contributed by atoms with Crippen molar-refractivity contribution in [1.82, 2.24) is 0 Å². The highest BCUT2D eigenvalue weighted by Gasteiger charge is 2.03. The Morgan fingerprint density at radius 2 is 2.57 bits per heavy atom. The van der Waals surface area contributed by atoms with Gasteiger partial charge in [-0.15, -0.1) is 0 Å². The van der Waals surface area contributed by atoms with E-state index in [1.54, 1.807) is 12.3 Å². The Hall–Kier alpha value is -0.110. The molecule has 0 fully saturated rings. The summed E-state index contributed by atoms with van der Waals surface area (Å²) in [5.74, 6) is 0. The average Bonchev–Trinajstić information content (AvgIpc) is 1.69. The van der Waals surface area contributed by atoms with Gasteiger partial charge in [0.1, 0.15) is 0 Å². The molecule has 0 aliphatic carbocycles. The second-order valence-corrected chi connectivity index (χ2v) is 2.10. The average molecular weight is 119 g/mol. The van der Waals surface area contributed by atoms with Gasteiger partial charge in [-0.3, -0.25) is 5.50 Å². The minimum absolute atomic E-state index is 0.586. The van der Waals surface area contributed by atoms with Crippen LogP contribution in [0.5, 0.6) is 0 Å². The normalized spacial score (nSPS) is 29.6. The second-order valence-electron chi connectivity index (χ2n) is 1.06. The van der Waals surface area contributed by atoms with E-state index in [1.807, 2.05) is 0 Å². The van der Waals surface area contributed by atoms with Crippen molar-refractivity contribution in [3.05, 3.63) is 12.3 Å². The van der Waals surface area contributed by atoms with Crippen LogP contribution in [0.25, 0.3) is 0 Å². The molecular formula is C3H6NO2P. The molecule has 0 radical (unpaired) electrons. The van der Waals surface area contributed by atoms with E-state index >= 15 is 0 Å². The number of hydrogen-bond acceptors (Lipinski definition) is 3. The lowest BCUT2D eigenvalue weighted by Gasteiger charge is -2.11. The van der Waals surface area contributed by atoms with Crippen molar-refractivity contribution < 1.29 is 9.05 Å². The van der Waals surface area contributed by atoms with E-state index in [9.17, 15) is 0 Å². The third kappa shape index (κ3) is 1.43. The van der Waals surface area contributed by atoms with E-state index in [1.165, 1.54) is 0 Å². The Morgan fingerprint density at radius 3 is 2.86 bits per heavy atom. The molecule has 4 heteroatoms. The summed E-state index contributed by atoms with van der Waals surface area (Å²) in [6.45, 7) is 0.586. The van der Waals surface area contributed by atoms with Crippen molar-refractivity contribution in [1.29, 1.82) is 0 Å². The first-order valence-corrected chi connectivity index (χ1v) is 3.14. The number of rotatable bonds is 0. The summed E-state index contributed by atoms with van der Waals surface area (Å²) in [6, 6.07) is 0. The first-order valence-electron chi connectivity index (χ1n) is 1.89. The zero-order chi connectivity index (χ0) is 5.11. The van der Waals surface area contributed by atoms with Crippen LogP contribution < -0.4 is 5.50 Å². The van der Waals surface area contributed by atoms with Crippen LogP contribution in [0.2, 0.25) is 0 Å². The largest absolute Gasteiger partial charge is 0.444 e. The highest BCUT2D eigenvalue weighted by molar-refractivity contribution is 7.44. The Kier molecular flexibility index (Phi) is 1.63. The van der Waals surface area contributed by atoms with Gasteiger partial charge in [0.15, 0.2) is 0 Å². The van der Waals surface area contributed by atoms with E-state index in [0.29, 0.717) is 6.61 Å². The van der Waals surface area contributed by atoms with Gasteiger partial charge in [0.2, 0.25) is 0 Å². The summed E-state index contributed by atoms with van der Waals surface area (Å²) in [6.07, 6.45) is 3.33. The Balaban J connectivity index is 2.32. The minimum atomic E-state index is -1.08. The molecule has 3 nitrogen and oxygen atoms in total. The standard InChI is InChI=1S/C3H6NO2P/c4-7-5-2-1-3-6-7/h1-2H,3-4H2. The molecule has 2 N–H and O–H groups in total. The van der Waals surface area contributed by atoms with Crippen molar-refractivity contribution in [2.24, 2.45) is 5.50 Å². The summed E-state index contributed by atoms with van der Waals surface area (Å²) in [4.78, 5) is 0. The van der Waals surface area contributed by atoms with Gasteiger partial charge >= 0.3 is 8.53 Å². The van der Waals surface area contributed by atoms with E-state index in [0.717, 1.165) is 0 Å². The lowest BCUT2D eigenvalue weighted by atomic mass is 10.7. The second kappa shape index (κ2) is 2.26. The molecule has 0 aromatic heterocycles. The van der Waals surface area contributed by atoms with E-state index in [4.69, 9.17) is 14.6 Å². The Labute approximate surface area is 43.1 Å². The van der Waals surface area contributed by atoms with Crippen molar-refractivity contribution >= 4 is 8.53 Å².